The van der Waals surface area contributed by atoms with Crippen LogP contribution in [0.3, 0.4) is 0 Å². The zero-order valence-electron chi connectivity index (χ0n) is 5.48. The molecule has 0 bridgehead atoms. The van der Waals surface area contributed by atoms with Crippen molar-refractivity contribution in [3.63, 3.8) is 0 Å². The van der Waals surface area contributed by atoms with Crippen LogP contribution in [0.5, 0.6) is 0 Å². The molecule has 1 rings (SSSR count). The molecule has 54 valence electrons. The van der Waals surface area contributed by atoms with Crippen molar-refractivity contribution in [2.75, 3.05) is 0 Å². The number of carbonyl (C=O) groups excluding carboxylic acids is 1. The van der Waals surface area contributed by atoms with E-state index in [4.69, 9.17) is 5.26 Å². The lowest BCUT2D eigenvalue weighted by atomic mass is 10.5. The van der Waals surface area contributed by atoms with Gasteiger partial charge >= 0.3 is 5.91 Å². The third-order valence-corrected chi connectivity index (χ3v) is 0.938. The molecule has 5 nitrogen and oxygen atoms in total. The van der Waals surface area contributed by atoms with E-state index in [9.17, 15) is 4.79 Å². The van der Waals surface area contributed by atoms with Gasteiger partial charge in [0.15, 0.2) is 6.19 Å². The number of nitrogens with zero attached hydrogens (tertiary/aromatic N) is 3. The Morgan fingerprint density at radius 1 is 1.55 bits per heavy atom. The van der Waals surface area contributed by atoms with Gasteiger partial charge in [-0.3, -0.25) is 10.1 Å². The highest BCUT2D eigenvalue weighted by atomic mass is 16.2. The molecule has 0 aliphatic heterocycles. The fraction of sp³-hybridized carbons (Fsp3) is 0. The molecule has 1 aromatic rings. The maximum absolute atomic E-state index is 10.8. The summed E-state index contributed by atoms with van der Waals surface area (Å²) in [5.74, 6) is -0.595. The molecule has 1 heterocycles. The minimum Gasteiger partial charge on any atom is -0.265 e. The highest BCUT2D eigenvalue weighted by molar-refractivity contribution is 5.91. The molecule has 5 heteroatoms. The fourth-order valence-corrected chi connectivity index (χ4v) is 0.523. The summed E-state index contributed by atoms with van der Waals surface area (Å²) >= 11 is 0. The van der Waals surface area contributed by atoms with Crippen LogP contribution in [0, 0.1) is 11.5 Å². The predicted octanol–water partition coefficient (Wildman–Crippen LogP) is -0.313. The van der Waals surface area contributed by atoms with Gasteiger partial charge in [0.05, 0.1) is 0 Å². The number of amides is 1. The molecule has 0 aliphatic rings. The van der Waals surface area contributed by atoms with Crippen LogP contribution >= 0.6 is 0 Å². The van der Waals surface area contributed by atoms with Crippen LogP contribution in [0.15, 0.2) is 18.5 Å². The molecule has 0 unspecified atom stereocenters. The summed E-state index contributed by atoms with van der Waals surface area (Å²) in [5.41, 5.74) is 0. The van der Waals surface area contributed by atoms with Crippen LogP contribution < -0.4 is 5.32 Å². The molecule has 0 atom stereocenters. The van der Waals surface area contributed by atoms with Crippen LogP contribution in [0.1, 0.15) is 10.6 Å². The van der Waals surface area contributed by atoms with Crippen LogP contribution in [0.4, 0.5) is 0 Å². The first-order valence-corrected chi connectivity index (χ1v) is 2.81. The Morgan fingerprint density at radius 2 is 2.18 bits per heavy atom. The number of aromatic nitrogens is 2. The number of carbonyl (C=O) groups is 1. The first-order valence-electron chi connectivity index (χ1n) is 2.81. The average Bonchev–Trinajstić information content (AvgIpc) is 2.07. The van der Waals surface area contributed by atoms with Crippen molar-refractivity contribution in [2.45, 2.75) is 0 Å². The van der Waals surface area contributed by atoms with Gasteiger partial charge in [0.1, 0.15) is 0 Å². The molecular weight excluding hydrogens is 144 g/mol. The smallest absolute Gasteiger partial charge is 0.265 e. The highest BCUT2D eigenvalue weighted by Crippen LogP contribution is 1.85. The number of nitriles is 1. The van der Waals surface area contributed by atoms with Crippen LogP contribution in [0.25, 0.3) is 0 Å². The van der Waals surface area contributed by atoms with Crippen LogP contribution in [-0.4, -0.2) is 15.9 Å². The van der Waals surface area contributed by atoms with Gasteiger partial charge in [-0.25, -0.2) is 9.97 Å². The molecule has 1 N–H and O–H groups in total. The van der Waals surface area contributed by atoms with E-state index in [2.05, 4.69) is 9.97 Å². The van der Waals surface area contributed by atoms with Crippen molar-refractivity contribution >= 4 is 5.91 Å². The van der Waals surface area contributed by atoms with E-state index >= 15 is 0 Å². The maximum atomic E-state index is 10.8. The van der Waals surface area contributed by atoms with E-state index in [1.54, 1.807) is 6.07 Å². The van der Waals surface area contributed by atoms with Crippen molar-refractivity contribution < 1.29 is 4.79 Å². The van der Waals surface area contributed by atoms with E-state index in [-0.39, 0.29) is 5.82 Å². The molecule has 11 heavy (non-hydrogen) atoms. The summed E-state index contributed by atoms with van der Waals surface area (Å²) in [5, 5.41) is 9.96. The van der Waals surface area contributed by atoms with Crippen LogP contribution in [0.2, 0.25) is 0 Å². The van der Waals surface area contributed by atoms with Crippen molar-refractivity contribution in [1.29, 1.82) is 5.26 Å². The first kappa shape index (κ1) is 7.15. The molecule has 1 aromatic heterocycles. The zero-order valence-corrected chi connectivity index (χ0v) is 5.48. The maximum Gasteiger partial charge on any atom is 0.302 e. The Labute approximate surface area is 62.7 Å². The van der Waals surface area contributed by atoms with E-state index in [1.165, 1.54) is 18.6 Å². The zero-order chi connectivity index (χ0) is 8.10. The summed E-state index contributed by atoms with van der Waals surface area (Å²) in [6, 6.07) is 1.59. The molecule has 0 spiro atoms. The average molecular weight is 148 g/mol. The van der Waals surface area contributed by atoms with Gasteiger partial charge in [-0.2, -0.15) is 5.26 Å². The van der Waals surface area contributed by atoms with Crippen molar-refractivity contribution in [3.05, 3.63) is 24.3 Å². The molecule has 0 aromatic carbocycles. The number of hydrogen-bond acceptors (Lipinski definition) is 4. The van der Waals surface area contributed by atoms with Gasteiger partial charge in [-0.05, 0) is 6.07 Å². The summed E-state index contributed by atoms with van der Waals surface area (Å²) in [7, 11) is 0. The van der Waals surface area contributed by atoms with Crippen molar-refractivity contribution in [2.24, 2.45) is 0 Å². The minimum atomic E-state index is -0.590. The second-order valence-electron chi connectivity index (χ2n) is 1.64. The van der Waals surface area contributed by atoms with Crippen molar-refractivity contribution in [3.8, 4) is 6.19 Å². The highest BCUT2D eigenvalue weighted by Gasteiger charge is 2.04. The Morgan fingerprint density at radius 3 is 2.73 bits per heavy atom. The third kappa shape index (κ3) is 1.72. The molecule has 1 amide bonds. The van der Waals surface area contributed by atoms with Gasteiger partial charge < -0.3 is 0 Å². The topological polar surface area (TPSA) is 78.7 Å². The fourth-order valence-electron chi connectivity index (χ4n) is 0.523. The standard InChI is InChI=1S/C6H4N4O/c7-4-10-6(11)5-8-2-1-3-9-5/h1-3H,(H,10,11). The van der Waals surface area contributed by atoms with E-state index in [0.29, 0.717) is 0 Å². The lowest BCUT2D eigenvalue weighted by molar-refractivity contribution is 0.0962. The van der Waals surface area contributed by atoms with Crippen molar-refractivity contribution in [1.82, 2.24) is 15.3 Å². The molecule has 0 saturated carbocycles. The summed E-state index contributed by atoms with van der Waals surface area (Å²) in [6.45, 7) is 0. The van der Waals surface area contributed by atoms with Gasteiger partial charge in [0.25, 0.3) is 0 Å². The normalized spacial score (nSPS) is 8.27. The summed E-state index contributed by atoms with van der Waals surface area (Å²) in [6.07, 6.45) is 4.35. The second kappa shape index (κ2) is 3.27. The quantitative estimate of drug-likeness (QED) is 0.437. The summed E-state index contributed by atoms with van der Waals surface area (Å²) in [4.78, 5) is 18.0. The van der Waals surface area contributed by atoms with Gasteiger partial charge in [0, 0.05) is 12.4 Å². The second-order valence-corrected chi connectivity index (χ2v) is 1.64. The number of rotatable bonds is 1. The lowest BCUT2D eigenvalue weighted by Gasteiger charge is -1.91. The number of hydrogen-bond donors (Lipinski definition) is 1. The van der Waals surface area contributed by atoms with Gasteiger partial charge in [-0.1, -0.05) is 0 Å². The third-order valence-electron chi connectivity index (χ3n) is 0.938. The molecule has 0 aliphatic carbocycles. The van der Waals surface area contributed by atoms with E-state index < -0.39 is 5.91 Å². The Bertz CT molecular complexity index is 289. The van der Waals surface area contributed by atoms with Crippen LogP contribution in [-0.2, 0) is 0 Å². The SMILES string of the molecule is N#CNC(=O)c1ncccn1. The predicted molar refractivity (Wildman–Crippen MR) is 35.1 cm³/mol. The minimum absolute atomic E-state index is 0.00551. The molecule has 0 saturated heterocycles. The molecule has 0 radical (unpaired) electrons. The molecule has 0 fully saturated rings. The van der Waals surface area contributed by atoms with Gasteiger partial charge in [-0.15, -0.1) is 0 Å². The molecular formula is C6H4N4O. The largest absolute Gasteiger partial charge is 0.302 e. The Balaban J connectivity index is 2.79. The number of nitrogens with one attached hydrogen (secondary N) is 1. The van der Waals surface area contributed by atoms with E-state index in [0.717, 1.165) is 0 Å². The Kier molecular flexibility index (Phi) is 2.13. The van der Waals surface area contributed by atoms with E-state index in [1.807, 2.05) is 5.32 Å². The Hall–Kier alpha value is -1.96. The lowest BCUT2D eigenvalue weighted by Crippen LogP contribution is -2.19. The monoisotopic (exact) mass is 148 g/mol. The van der Waals surface area contributed by atoms with Gasteiger partial charge in [0.2, 0.25) is 5.82 Å². The first-order chi connectivity index (χ1) is 5.34. The summed E-state index contributed by atoms with van der Waals surface area (Å²) < 4.78 is 0.